The van der Waals surface area contributed by atoms with Gasteiger partial charge in [-0.1, -0.05) is 6.07 Å². The van der Waals surface area contributed by atoms with Crippen LogP contribution in [0.5, 0.6) is 0 Å². The molecule has 68 valence electrons. The molecule has 0 saturated carbocycles. The number of methoxy groups -OCH3 is 1. The minimum Gasteiger partial charge on any atom is -0.399 e. The van der Waals surface area contributed by atoms with Gasteiger partial charge < -0.3 is 15.5 Å². The van der Waals surface area contributed by atoms with Gasteiger partial charge in [-0.2, -0.15) is 0 Å². The average Bonchev–Trinajstić information content (AvgIpc) is 2.46. The van der Waals surface area contributed by atoms with Crippen molar-refractivity contribution in [2.24, 2.45) is 0 Å². The van der Waals surface area contributed by atoms with Gasteiger partial charge in [0, 0.05) is 24.0 Å². The van der Waals surface area contributed by atoms with E-state index in [0.717, 1.165) is 16.9 Å². The molecule has 0 atom stereocenters. The van der Waals surface area contributed by atoms with Crippen LogP contribution in [0.15, 0.2) is 24.3 Å². The summed E-state index contributed by atoms with van der Waals surface area (Å²) >= 11 is 0. The zero-order chi connectivity index (χ0) is 9.26. The number of nitrogen functional groups attached to an aromatic ring is 1. The highest BCUT2D eigenvalue weighted by Gasteiger charge is 1.99. The van der Waals surface area contributed by atoms with Crippen LogP contribution in [0.25, 0.3) is 10.9 Å². The topological polar surface area (TPSA) is 51.0 Å². The predicted molar refractivity (Wildman–Crippen MR) is 53.4 cm³/mol. The SMILES string of the molecule is COCc1cc2ccc(N)cc2[nH]1. The number of ether oxygens (including phenoxy) is 1. The zero-order valence-electron chi connectivity index (χ0n) is 7.50. The van der Waals surface area contributed by atoms with Gasteiger partial charge in [-0.15, -0.1) is 0 Å². The van der Waals surface area contributed by atoms with Crippen LogP contribution in [0.3, 0.4) is 0 Å². The number of benzene rings is 1. The third-order valence-electron chi connectivity index (χ3n) is 2.00. The molecule has 0 bridgehead atoms. The Balaban J connectivity index is 2.49. The maximum atomic E-state index is 5.66. The standard InChI is InChI=1S/C10H12N2O/c1-13-6-9-4-7-2-3-8(11)5-10(7)12-9/h2-5,12H,6,11H2,1H3. The van der Waals surface area contributed by atoms with E-state index < -0.39 is 0 Å². The van der Waals surface area contributed by atoms with Crippen LogP contribution in [0.4, 0.5) is 5.69 Å². The van der Waals surface area contributed by atoms with Crippen LogP contribution in [-0.4, -0.2) is 12.1 Å². The van der Waals surface area contributed by atoms with Crippen molar-refractivity contribution in [3.63, 3.8) is 0 Å². The lowest BCUT2D eigenvalue weighted by Crippen LogP contribution is -1.85. The fourth-order valence-corrected chi connectivity index (χ4v) is 1.44. The average molecular weight is 176 g/mol. The van der Waals surface area contributed by atoms with Gasteiger partial charge in [-0.05, 0) is 23.6 Å². The summed E-state index contributed by atoms with van der Waals surface area (Å²) in [7, 11) is 1.68. The van der Waals surface area contributed by atoms with Gasteiger partial charge in [-0.3, -0.25) is 0 Å². The van der Waals surface area contributed by atoms with Crippen LogP contribution >= 0.6 is 0 Å². The van der Waals surface area contributed by atoms with Crippen LogP contribution in [0.2, 0.25) is 0 Å². The predicted octanol–water partition coefficient (Wildman–Crippen LogP) is 1.90. The molecule has 2 aromatic rings. The van der Waals surface area contributed by atoms with Crippen molar-refractivity contribution < 1.29 is 4.74 Å². The molecule has 0 aliphatic heterocycles. The maximum Gasteiger partial charge on any atom is 0.0862 e. The number of rotatable bonds is 2. The summed E-state index contributed by atoms with van der Waals surface area (Å²) in [6, 6.07) is 7.89. The third-order valence-corrected chi connectivity index (χ3v) is 2.00. The lowest BCUT2D eigenvalue weighted by molar-refractivity contribution is 0.182. The molecule has 13 heavy (non-hydrogen) atoms. The van der Waals surface area contributed by atoms with E-state index in [4.69, 9.17) is 10.5 Å². The molecule has 1 aromatic heterocycles. The Morgan fingerprint density at radius 3 is 3.00 bits per heavy atom. The lowest BCUT2D eigenvalue weighted by atomic mass is 10.2. The minimum atomic E-state index is 0.606. The van der Waals surface area contributed by atoms with Gasteiger partial charge in [-0.25, -0.2) is 0 Å². The van der Waals surface area contributed by atoms with Crippen molar-refractivity contribution in [3.05, 3.63) is 30.0 Å². The van der Waals surface area contributed by atoms with E-state index in [1.54, 1.807) is 7.11 Å². The summed E-state index contributed by atoms with van der Waals surface area (Å²) < 4.78 is 5.03. The minimum absolute atomic E-state index is 0.606. The molecule has 1 aromatic carbocycles. The van der Waals surface area contributed by atoms with Crippen molar-refractivity contribution in [1.29, 1.82) is 0 Å². The first-order chi connectivity index (χ1) is 6.29. The maximum absolute atomic E-state index is 5.66. The Morgan fingerprint density at radius 2 is 2.23 bits per heavy atom. The largest absolute Gasteiger partial charge is 0.399 e. The molecule has 0 spiro atoms. The first-order valence-corrected chi connectivity index (χ1v) is 4.15. The van der Waals surface area contributed by atoms with Crippen LogP contribution in [0.1, 0.15) is 5.69 Å². The van der Waals surface area contributed by atoms with E-state index in [-0.39, 0.29) is 0 Å². The van der Waals surface area contributed by atoms with Crippen molar-refractivity contribution in [2.45, 2.75) is 6.61 Å². The molecule has 3 nitrogen and oxygen atoms in total. The quantitative estimate of drug-likeness (QED) is 0.686. The molecule has 3 heteroatoms. The molecule has 1 heterocycles. The second-order valence-electron chi connectivity index (χ2n) is 3.07. The Kier molecular flexibility index (Phi) is 1.94. The highest BCUT2D eigenvalue weighted by atomic mass is 16.5. The van der Waals surface area contributed by atoms with Gasteiger partial charge >= 0.3 is 0 Å². The van der Waals surface area contributed by atoms with E-state index in [2.05, 4.69) is 11.1 Å². The first kappa shape index (κ1) is 8.13. The monoisotopic (exact) mass is 176 g/mol. The number of fused-ring (bicyclic) bond motifs is 1. The summed E-state index contributed by atoms with van der Waals surface area (Å²) in [5.74, 6) is 0. The Labute approximate surface area is 76.5 Å². The second kappa shape index (κ2) is 3.11. The highest BCUT2D eigenvalue weighted by Crippen LogP contribution is 2.18. The van der Waals surface area contributed by atoms with Crippen molar-refractivity contribution >= 4 is 16.6 Å². The van der Waals surface area contributed by atoms with E-state index in [1.165, 1.54) is 5.39 Å². The normalized spacial score (nSPS) is 10.8. The van der Waals surface area contributed by atoms with E-state index in [0.29, 0.717) is 6.61 Å². The summed E-state index contributed by atoms with van der Waals surface area (Å²) in [5, 5.41) is 1.17. The second-order valence-corrected chi connectivity index (χ2v) is 3.07. The van der Waals surface area contributed by atoms with Crippen molar-refractivity contribution in [1.82, 2.24) is 4.98 Å². The van der Waals surface area contributed by atoms with Gasteiger partial charge in [0.1, 0.15) is 0 Å². The van der Waals surface area contributed by atoms with Gasteiger partial charge in [0.05, 0.1) is 6.61 Å². The summed E-state index contributed by atoms with van der Waals surface area (Å²) in [6.45, 7) is 0.606. The summed E-state index contributed by atoms with van der Waals surface area (Å²) in [6.07, 6.45) is 0. The van der Waals surface area contributed by atoms with E-state index in [1.807, 2.05) is 18.2 Å². The van der Waals surface area contributed by atoms with Crippen LogP contribution in [0, 0.1) is 0 Å². The van der Waals surface area contributed by atoms with Gasteiger partial charge in [0.15, 0.2) is 0 Å². The van der Waals surface area contributed by atoms with E-state index >= 15 is 0 Å². The molecule has 0 saturated heterocycles. The number of aromatic amines is 1. The molecule has 0 radical (unpaired) electrons. The lowest BCUT2D eigenvalue weighted by Gasteiger charge is -1.92. The number of hydrogen-bond acceptors (Lipinski definition) is 2. The fraction of sp³-hybridized carbons (Fsp3) is 0.200. The van der Waals surface area contributed by atoms with Gasteiger partial charge in [0.2, 0.25) is 0 Å². The van der Waals surface area contributed by atoms with Crippen molar-refractivity contribution in [2.75, 3.05) is 12.8 Å². The molecule has 0 aliphatic rings. The number of hydrogen-bond donors (Lipinski definition) is 2. The van der Waals surface area contributed by atoms with E-state index in [9.17, 15) is 0 Å². The number of H-pyrrole nitrogens is 1. The number of aromatic nitrogens is 1. The summed E-state index contributed by atoms with van der Waals surface area (Å²) in [5.41, 5.74) is 8.57. The zero-order valence-corrected chi connectivity index (χ0v) is 7.50. The first-order valence-electron chi connectivity index (χ1n) is 4.15. The molecule has 0 unspecified atom stereocenters. The molecular formula is C10H12N2O. The molecule has 0 amide bonds. The summed E-state index contributed by atoms with van der Waals surface area (Å²) in [4.78, 5) is 3.23. The Hall–Kier alpha value is -1.48. The molecule has 0 fully saturated rings. The van der Waals surface area contributed by atoms with Crippen molar-refractivity contribution in [3.8, 4) is 0 Å². The highest BCUT2D eigenvalue weighted by molar-refractivity contribution is 5.83. The van der Waals surface area contributed by atoms with Crippen LogP contribution < -0.4 is 5.73 Å². The Bertz CT molecular complexity index is 420. The smallest absolute Gasteiger partial charge is 0.0862 e. The van der Waals surface area contributed by atoms with Gasteiger partial charge in [0.25, 0.3) is 0 Å². The third kappa shape index (κ3) is 1.51. The number of anilines is 1. The number of nitrogens with two attached hydrogens (primary N) is 1. The number of nitrogens with one attached hydrogen (secondary N) is 1. The Morgan fingerprint density at radius 1 is 1.38 bits per heavy atom. The molecule has 3 N–H and O–H groups in total. The molecular weight excluding hydrogens is 164 g/mol. The van der Waals surface area contributed by atoms with Crippen LogP contribution in [-0.2, 0) is 11.3 Å². The molecule has 2 rings (SSSR count). The fourth-order valence-electron chi connectivity index (χ4n) is 1.44. The molecule has 0 aliphatic carbocycles.